The number of carboxylic acids is 2. The smallest absolute Gasteiger partial charge is 0.338 e. The van der Waals surface area contributed by atoms with E-state index in [0.29, 0.717) is 30.1 Å². The van der Waals surface area contributed by atoms with Crippen LogP contribution in [0.5, 0.6) is 11.5 Å². The maximum absolute atomic E-state index is 13.2. The zero-order valence-corrected chi connectivity index (χ0v) is 26.9. The lowest BCUT2D eigenvalue weighted by Crippen LogP contribution is -2.61. The molecule has 14 nitrogen and oxygen atoms in total. The molecule has 3 rings (SSSR count). The van der Waals surface area contributed by atoms with Crippen molar-refractivity contribution in [3.05, 3.63) is 59.2 Å². The number of aliphatic carboxylic acids is 2. The molecule has 5 N–H and O–H groups in total. The number of nitrogens with two attached hydrogens (primary N) is 1. The average molecular weight is 685 g/mol. The van der Waals surface area contributed by atoms with Crippen LogP contribution in [0.2, 0.25) is 0 Å². The maximum atomic E-state index is 13.2. The molecule has 2 aromatic rings. The van der Waals surface area contributed by atoms with Gasteiger partial charge in [-0.2, -0.15) is 0 Å². The van der Waals surface area contributed by atoms with Crippen molar-refractivity contribution >= 4 is 47.3 Å². The number of hydrogen-bond acceptors (Lipinski definition) is 11. The first-order chi connectivity index (χ1) is 22.9. The average Bonchev–Trinajstić information content (AvgIpc) is 3.03. The third kappa shape index (κ3) is 10.5. The summed E-state index contributed by atoms with van der Waals surface area (Å²) in [5.41, 5.74) is 7.27. The van der Waals surface area contributed by atoms with Crippen LogP contribution in [0.4, 0.5) is 5.69 Å². The maximum Gasteiger partial charge on any atom is 0.338 e. The van der Waals surface area contributed by atoms with E-state index < -0.39 is 59.2 Å². The largest absolute Gasteiger partial charge is 0.493 e. The zero-order valence-electron chi connectivity index (χ0n) is 26.9. The van der Waals surface area contributed by atoms with Crippen LogP contribution in [0.25, 0.3) is 6.08 Å². The molecule has 0 bridgehead atoms. The number of carbonyl (C=O) groups is 6. The van der Waals surface area contributed by atoms with Crippen molar-refractivity contribution in [1.29, 1.82) is 0 Å². The Balaban J connectivity index is 0.00000833. The van der Waals surface area contributed by atoms with E-state index in [0.717, 1.165) is 24.8 Å². The first kappa shape index (κ1) is 39.8. The molecule has 1 aliphatic carbocycles. The quantitative estimate of drug-likeness (QED) is 0.0767. The SMILES string of the molecule is C.CNC(=O)C1C(C(=O)O)C(C(=O)O)C1C(=O)Cc1cc(N)cc(C(=O)OCCCCCCOc2ccc(/C=C/C(=O)OC)cc2OC)c1. The summed E-state index contributed by atoms with van der Waals surface area (Å²) < 4.78 is 21.2. The van der Waals surface area contributed by atoms with Gasteiger partial charge in [-0.3, -0.25) is 19.2 Å². The standard InChI is InChI=1S/C34H40N2O12.CH4/c1-36-31(39)28-27(29(32(40)41)30(28)33(42)43)23(37)16-20-14-21(18-22(35)15-20)34(44)48-13-7-5-4-6-12-47-24-10-8-19(17-25(24)45-2)9-11-26(38)46-3;/h8-11,14-15,17-18,27-30H,4-7,12-13,16,35H2,1-3H3,(H,36,39)(H,40,41)(H,42,43);1H4/b11-9+;. The first-order valence-electron chi connectivity index (χ1n) is 15.2. The van der Waals surface area contributed by atoms with Crippen LogP contribution >= 0.6 is 0 Å². The number of unbranched alkanes of at least 4 members (excludes halogenated alkanes) is 3. The number of benzene rings is 2. The third-order valence-electron chi connectivity index (χ3n) is 8.00. The normalized spacial score (nSPS) is 17.9. The molecule has 1 saturated carbocycles. The highest BCUT2D eigenvalue weighted by molar-refractivity contribution is 6.01. The van der Waals surface area contributed by atoms with Crippen molar-refractivity contribution in [2.75, 3.05) is 40.2 Å². The van der Waals surface area contributed by atoms with Gasteiger partial charge in [-0.15, -0.1) is 0 Å². The molecule has 0 radical (unpaired) electrons. The van der Waals surface area contributed by atoms with Gasteiger partial charge in [0, 0.05) is 31.1 Å². The number of carboxylic acid groups (broad SMARTS) is 2. The highest BCUT2D eigenvalue weighted by atomic mass is 16.5. The van der Waals surface area contributed by atoms with Crippen molar-refractivity contribution in [3.8, 4) is 11.5 Å². The van der Waals surface area contributed by atoms with Crippen LogP contribution in [0.1, 0.15) is 54.6 Å². The number of amides is 1. The van der Waals surface area contributed by atoms with E-state index in [4.69, 9.17) is 19.9 Å². The molecule has 4 atom stereocenters. The number of carbonyl (C=O) groups excluding carboxylic acids is 4. The predicted octanol–water partition coefficient (Wildman–Crippen LogP) is 3.40. The van der Waals surface area contributed by atoms with E-state index in [1.54, 1.807) is 24.3 Å². The van der Waals surface area contributed by atoms with Crippen molar-refractivity contribution in [1.82, 2.24) is 5.32 Å². The van der Waals surface area contributed by atoms with Crippen molar-refractivity contribution in [2.45, 2.75) is 39.5 Å². The topological polar surface area (TPSA) is 218 Å². The van der Waals surface area contributed by atoms with Crippen LogP contribution in [0, 0.1) is 23.7 Å². The fourth-order valence-corrected chi connectivity index (χ4v) is 5.64. The molecule has 0 heterocycles. The number of anilines is 1. The van der Waals surface area contributed by atoms with Gasteiger partial charge < -0.3 is 40.2 Å². The van der Waals surface area contributed by atoms with Crippen LogP contribution in [-0.2, 0) is 39.9 Å². The van der Waals surface area contributed by atoms with E-state index in [-0.39, 0.29) is 31.7 Å². The Labute approximate surface area is 284 Å². The molecule has 0 aliphatic heterocycles. The lowest BCUT2D eigenvalue weighted by atomic mass is 9.54. The van der Waals surface area contributed by atoms with Crippen molar-refractivity contribution in [3.63, 3.8) is 0 Å². The molecule has 49 heavy (non-hydrogen) atoms. The fourth-order valence-electron chi connectivity index (χ4n) is 5.64. The Morgan fingerprint density at radius 1 is 0.837 bits per heavy atom. The van der Waals surface area contributed by atoms with Gasteiger partial charge in [-0.05, 0) is 73.2 Å². The van der Waals surface area contributed by atoms with E-state index >= 15 is 0 Å². The van der Waals surface area contributed by atoms with Gasteiger partial charge in [0.2, 0.25) is 5.91 Å². The van der Waals surface area contributed by atoms with E-state index in [1.807, 2.05) is 0 Å². The van der Waals surface area contributed by atoms with Crippen LogP contribution in [0.3, 0.4) is 0 Å². The second-order valence-corrected chi connectivity index (χ2v) is 11.2. The minimum atomic E-state index is -1.56. The number of nitrogen functional groups attached to an aromatic ring is 1. The summed E-state index contributed by atoms with van der Waals surface area (Å²) in [5.74, 6) is -10.2. The van der Waals surface area contributed by atoms with Gasteiger partial charge in [0.25, 0.3) is 0 Å². The molecule has 1 aliphatic rings. The number of ketones is 1. The molecule has 2 aromatic carbocycles. The summed E-state index contributed by atoms with van der Waals surface area (Å²) in [4.78, 5) is 73.0. The van der Waals surface area contributed by atoms with E-state index in [9.17, 15) is 39.0 Å². The number of Topliss-reactive ketones (excluding diaryl/α,β-unsaturated/α-hetero) is 1. The van der Waals surface area contributed by atoms with Gasteiger partial charge in [0.05, 0.1) is 50.8 Å². The molecule has 14 heteroatoms. The Kier molecular flexibility index (Phi) is 15.3. The molecule has 4 unspecified atom stereocenters. The Hall–Kier alpha value is -5.40. The van der Waals surface area contributed by atoms with Crippen molar-refractivity contribution < 1.29 is 57.9 Å². The second kappa shape index (κ2) is 18.8. The molecule has 1 fully saturated rings. The summed E-state index contributed by atoms with van der Waals surface area (Å²) >= 11 is 0. The van der Waals surface area contributed by atoms with Gasteiger partial charge in [0.1, 0.15) is 5.78 Å². The molecule has 1 amide bonds. The van der Waals surface area contributed by atoms with E-state index in [2.05, 4.69) is 10.1 Å². The number of methoxy groups -OCH3 is 2. The lowest BCUT2D eigenvalue weighted by Gasteiger charge is -2.45. The monoisotopic (exact) mass is 684 g/mol. The second-order valence-electron chi connectivity index (χ2n) is 11.2. The fraction of sp³-hybridized carbons (Fsp3) is 0.429. The highest BCUT2D eigenvalue weighted by Gasteiger charge is 2.63. The molecular formula is C35H44N2O12. The number of hydrogen-bond donors (Lipinski definition) is 4. The Morgan fingerprint density at radius 2 is 1.49 bits per heavy atom. The number of ether oxygens (including phenoxy) is 4. The summed E-state index contributed by atoms with van der Waals surface area (Å²) in [6.07, 6.45) is 5.46. The van der Waals surface area contributed by atoms with E-state index in [1.165, 1.54) is 45.5 Å². The first-order valence-corrected chi connectivity index (χ1v) is 15.2. The van der Waals surface area contributed by atoms with Crippen LogP contribution < -0.4 is 20.5 Å². The zero-order chi connectivity index (χ0) is 35.4. The molecule has 0 spiro atoms. The third-order valence-corrected chi connectivity index (χ3v) is 8.00. The Morgan fingerprint density at radius 3 is 2.10 bits per heavy atom. The number of nitrogens with one attached hydrogen (secondary N) is 1. The Bertz CT molecular complexity index is 1550. The van der Waals surface area contributed by atoms with Gasteiger partial charge in [0.15, 0.2) is 11.5 Å². The predicted molar refractivity (Wildman–Crippen MR) is 178 cm³/mol. The number of esters is 2. The van der Waals surface area contributed by atoms with Crippen LogP contribution in [-0.4, -0.2) is 80.3 Å². The summed E-state index contributed by atoms with van der Waals surface area (Å²) in [5, 5.41) is 21.4. The summed E-state index contributed by atoms with van der Waals surface area (Å²) in [6, 6.07) is 9.52. The summed E-state index contributed by atoms with van der Waals surface area (Å²) in [7, 11) is 4.10. The van der Waals surface area contributed by atoms with Gasteiger partial charge in [-0.1, -0.05) is 13.5 Å². The molecule has 0 saturated heterocycles. The van der Waals surface area contributed by atoms with Crippen LogP contribution in [0.15, 0.2) is 42.5 Å². The van der Waals surface area contributed by atoms with Gasteiger partial charge in [-0.25, -0.2) is 9.59 Å². The minimum absolute atomic E-state index is 0. The highest BCUT2D eigenvalue weighted by Crippen LogP contribution is 2.48. The van der Waals surface area contributed by atoms with Gasteiger partial charge >= 0.3 is 23.9 Å². The molecular weight excluding hydrogens is 640 g/mol. The molecule has 0 aromatic heterocycles. The lowest BCUT2D eigenvalue weighted by molar-refractivity contribution is -0.180. The van der Waals surface area contributed by atoms with Crippen molar-refractivity contribution in [2.24, 2.45) is 23.7 Å². The minimum Gasteiger partial charge on any atom is -0.493 e. The molecule has 266 valence electrons. The summed E-state index contributed by atoms with van der Waals surface area (Å²) in [6.45, 7) is 0.580. The number of rotatable bonds is 18.